The molecule has 0 radical (unpaired) electrons. The summed E-state index contributed by atoms with van der Waals surface area (Å²) in [6.45, 7) is 1.15. The lowest BCUT2D eigenvalue weighted by Gasteiger charge is -2.11. The van der Waals surface area contributed by atoms with Crippen LogP contribution in [0.5, 0.6) is 11.5 Å². The van der Waals surface area contributed by atoms with Gasteiger partial charge in [0.1, 0.15) is 18.1 Å². The first-order chi connectivity index (χ1) is 9.76. The van der Waals surface area contributed by atoms with E-state index in [9.17, 15) is 0 Å². The Balaban J connectivity index is 1.80. The minimum Gasteiger partial charge on any atom is -0.493 e. The van der Waals surface area contributed by atoms with Gasteiger partial charge in [-0.25, -0.2) is 0 Å². The molecule has 20 heavy (non-hydrogen) atoms. The first kappa shape index (κ1) is 13.0. The maximum absolute atomic E-state index is 8.88. The van der Waals surface area contributed by atoms with Crippen LogP contribution >= 0.6 is 15.9 Å². The molecule has 2 aromatic rings. The maximum Gasteiger partial charge on any atom is 0.129 e. The van der Waals surface area contributed by atoms with Gasteiger partial charge in [-0.3, -0.25) is 0 Å². The molecule has 0 saturated heterocycles. The molecule has 1 heterocycles. The lowest BCUT2D eigenvalue weighted by Crippen LogP contribution is -1.99. The van der Waals surface area contributed by atoms with Crippen LogP contribution in [0.3, 0.4) is 0 Å². The molecule has 0 aliphatic carbocycles. The summed E-state index contributed by atoms with van der Waals surface area (Å²) in [5.41, 5.74) is 2.83. The Morgan fingerprint density at radius 2 is 2.20 bits per heavy atom. The van der Waals surface area contributed by atoms with Gasteiger partial charge >= 0.3 is 0 Å². The number of nitriles is 1. The smallest absolute Gasteiger partial charge is 0.129 e. The van der Waals surface area contributed by atoms with Gasteiger partial charge in [0, 0.05) is 16.5 Å². The van der Waals surface area contributed by atoms with Crippen molar-refractivity contribution in [3.05, 3.63) is 57.6 Å². The van der Waals surface area contributed by atoms with Crippen molar-refractivity contribution < 1.29 is 9.47 Å². The second kappa shape index (κ2) is 5.56. The van der Waals surface area contributed by atoms with E-state index in [2.05, 4.69) is 28.1 Å². The van der Waals surface area contributed by atoms with Crippen LogP contribution in [0.4, 0.5) is 0 Å². The number of rotatable bonds is 3. The predicted molar refractivity (Wildman–Crippen MR) is 78.8 cm³/mol. The third-order valence-electron chi connectivity index (χ3n) is 3.18. The summed E-state index contributed by atoms with van der Waals surface area (Å²) in [6.07, 6.45) is 0.936. The molecule has 1 aliphatic rings. The molecule has 0 bridgehead atoms. The number of hydrogen-bond donors (Lipinski definition) is 0. The van der Waals surface area contributed by atoms with Crippen LogP contribution in [0.15, 0.2) is 40.9 Å². The average molecular weight is 330 g/mol. The van der Waals surface area contributed by atoms with Gasteiger partial charge in [-0.05, 0) is 35.9 Å². The molecule has 100 valence electrons. The Hall–Kier alpha value is -1.99. The van der Waals surface area contributed by atoms with Crippen molar-refractivity contribution in [2.45, 2.75) is 13.0 Å². The van der Waals surface area contributed by atoms with E-state index >= 15 is 0 Å². The van der Waals surface area contributed by atoms with E-state index in [1.165, 1.54) is 5.56 Å². The number of fused-ring (bicyclic) bond motifs is 1. The van der Waals surface area contributed by atoms with Crippen LogP contribution in [0.25, 0.3) is 0 Å². The molecule has 0 spiro atoms. The highest BCUT2D eigenvalue weighted by atomic mass is 79.9. The van der Waals surface area contributed by atoms with Gasteiger partial charge in [0.15, 0.2) is 0 Å². The molecule has 0 amide bonds. The third kappa shape index (κ3) is 2.63. The number of halogens is 1. The summed E-state index contributed by atoms with van der Waals surface area (Å²) in [6, 6.07) is 13.4. The van der Waals surface area contributed by atoms with Crippen LogP contribution < -0.4 is 9.47 Å². The van der Waals surface area contributed by atoms with Crippen LogP contribution in [-0.4, -0.2) is 6.61 Å². The molecule has 0 unspecified atom stereocenters. The molecular weight excluding hydrogens is 318 g/mol. The molecule has 0 fully saturated rings. The predicted octanol–water partition coefficient (Wildman–Crippen LogP) is 3.83. The molecule has 3 rings (SSSR count). The van der Waals surface area contributed by atoms with E-state index in [4.69, 9.17) is 14.7 Å². The summed E-state index contributed by atoms with van der Waals surface area (Å²) in [5, 5.41) is 8.88. The van der Waals surface area contributed by atoms with E-state index in [-0.39, 0.29) is 0 Å². The molecule has 0 aromatic heterocycles. The second-order valence-electron chi connectivity index (χ2n) is 4.58. The Kier molecular flexibility index (Phi) is 3.62. The molecule has 0 atom stereocenters. The Labute approximate surface area is 125 Å². The zero-order chi connectivity index (χ0) is 13.9. The second-order valence-corrected chi connectivity index (χ2v) is 5.50. The molecule has 0 saturated carbocycles. The summed E-state index contributed by atoms with van der Waals surface area (Å²) in [4.78, 5) is 0. The van der Waals surface area contributed by atoms with Crippen LogP contribution in [0.2, 0.25) is 0 Å². The highest BCUT2D eigenvalue weighted by Gasteiger charge is 2.17. The van der Waals surface area contributed by atoms with Gasteiger partial charge in [0.05, 0.1) is 18.2 Å². The quantitative estimate of drug-likeness (QED) is 0.859. The van der Waals surface area contributed by atoms with Crippen molar-refractivity contribution in [2.24, 2.45) is 0 Å². The minimum atomic E-state index is 0.427. The number of benzene rings is 2. The zero-order valence-electron chi connectivity index (χ0n) is 10.7. The Bertz CT molecular complexity index is 691. The van der Waals surface area contributed by atoms with Gasteiger partial charge in [-0.15, -0.1) is 0 Å². The fourth-order valence-corrected chi connectivity index (χ4v) is 2.82. The first-order valence-corrected chi connectivity index (χ1v) is 7.12. The number of nitrogens with zero attached hydrogens (tertiary/aromatic N) is 1. The van der Waals surface area contributed by atoms with E-state index in [1.807, 2.05) is 18.2 Å². The normalized spacial score (nSPS) is 12.4. The molecule has 0 N–H and O–H groups in total. The lowest BCUT2D eigenvalue weighted by atomic mass is 10.1. The molecule has 2 aromatic carbocycles. The Morgan fingerprint density at radius 3 is 3.05 bits per heavy atom. The van der Waals surface area contributed by atoms with Gasteiger partial charge in [-0.2, -0.15) is 5.26 Å². The van der Waals surface area contributed by atoms with E-state index in [0.29, 0.717) is 17.9 Å². The van der Waals surface area contributed by atoms with Crippen molar-refractivity contribution in [3.8, 4) is 17.6 Å². The standard InChI is InChI=1S/C16H12BrNO2/c17-14-7-12-4-5-19-16(12)13(8-14)10-20-15-3-1-2-11(6-15)9-18/h1-3,6-8H,4-5,10H2. The summed E-state index contributed by atoms with van der Waals surface area (Å²) in [5.74, 6) is 1.63. The van der Waals surface area contributed by atoms with Crippen molar-refractivity contribution in [2.75, 3.05) is 6.61 Å². The number of hydrogen-bond acceptors (Lipinski definition) is 3. The van der Waals surface area contributed by atoms with Gasteiger partial charge in [0.2, 0.25) is 0 Å². The largest absolute Gasteiger partial charge is 0.493 e. The van der Waals surface area contributed by atoms with Crippen LogP contribution in [-0.2, 0) is 13.0 Å². The fraction of sp³-hybridized carbons (Fsp3) is 0.188. The molecule has 4 heteroatoms. The summed E-state index contributed by atoms with van der Waals surface area (Å²) < 4.78 is 12.5. The summed E-state index contributed by atoms with van der Waals surface area (Å²) >= 11 is 3.51. The SMILES string of the molecule is N#Cc1cccc(OCc2cc(Br)cc3c2OCC3)c1. The van der Waals surface area contributed by atoms with E-state index in [1.54, 1.807) is 12.1 Å². The van der Waals surface area contributed by atoms with Gasteiger partial charge in [-0.1, -0.05) is 22.0 Å². The zero-order valence-corrected chi connectivity index (χ0v) is 12.3. The monoisotopic (exact) mass is 329 g/mol. The highest BCUT2D eigenvalue weighted by molar-refractivity contribution is 9.10. The van der Waals surface area contributed by atoms with Gasteiger partial charge < -0.3 is 9.47 Å². The third-order valence-corrected chi connectivity index (χ3v) is 3.64. The topological polar surface area (TPSA) is 42.2 Å². The maximum atomic E-state index is 8.88. The van der Waals surface area contributed by atoms with Crippen molar-refractivity contribution >= 4 is 15.9 Å². The van der Waals surface area contributed by atoms with E-state index < -0.39 is 0 Å². The fourth-order valence-electron chi connectivity index (χ4n) is 2.27. The van der Waals surface area contributed by atoms with Crippen LogP contribution in [0, 0.1) is 11.3 Å². The molecule has 1 aliphatic heterocycles. The minimum absolute atomic E-state index is 0.427. The molecule has 3 nitrogen and oxygen atoms in total. The number of ether oxygens (including phenoxy) is 2. The van der Waals surface area contributed by atoms with Crippen molar-refractivity contribution in [1.29, 1.82) is 5.26 Å². The van der Waals surface area contributed by atoms with Crippen molar-refractivity contribution in [1.82, 2.24) is 0 Å². The van der Waals surface area contributed by atoms with Crippen LogP contribution in [0.1, 0.15) is 16.7 Å². The van der Waals surface area contributed by atoms with Crippen molar-refractivity contribution in [3.63, 3.8) is 0 Å². The summed E-state index contributed by atoms with van der Waals surface area (Å²) in [7, 11) is 0. The van der Waals surface area contributed by atoms with E-state index in [0.717, 1.165) is 28.8 Å². The molecular formula is C16H12BrNO2. The lowest BCUT2D eigenvalue weighted by molar-refractivity contribution is 0.292. The first-order valence-electron chi connectivity index (χ1n) is 6.33. The highest BCUT2D eigenvalue weighted by Crippen LogP contribution is 2.33. The Morgan fingerprint density at radius 1 is 1.30 bits per heavy atom. The van der Waals surface area contributed by atoms with Gasteiger partial charge in [0.25, 0.3) is 0 Å². The average Bonchev–Trinajstić information content (AvgIpc) is 2.93.